The average molecular weight is 347 g/mol. The molecule has 1 aromatic carbocycles. The van der Waals surface area contributed by atoms with Crippen molar-refractivity contribution in [3.05, 3.63) is 46.1 Å². The molecule has 0 aliphatic heterocycles. The highest BCUT2D eigenvalue weighted by atomic mass is 35.5. The number of aryl methyl sites for hydroxylation is 1. The van der Waals surface area contributed by atoms with E-state index in [1.165, 1.54) is 18.4 Å². The van der Waals surface area contributed by atoms with Crippen molar-refractivity contribution in [2.45, 2.75) is 12.8 Å². The Morgan fingerprint density at radius 2 is 2.09 bits per heavy atom. The van der Waals surface area contributed by atoms with Gasteiger partial charge in [0, 0.05) is 17.1 Å². The van der Waals surface area contributed by atoms with Crippen molar-refractivity contribution in [1.29, 1.82) is 0 Å². The van der Waals surface area contributed by atoms with Crippen molar-refractivity contribution in [2.75, 3.05) is 0 Å². The second kappa shape index (κ2) is 5.48. The van der Waals surface area contributed by atoms with Crippen LogP contribution in [0.25, 0.3) is 10.1 Å². The molecular weight excluding hydrogens is 337 g/mol. The minimum atomic E-state index is -4.46. The Balaban J connectivity index is 1.80. The standard InChI is InChI=1S/C14H10ClF3N2OS/c1-20-8(4-13(19-20)14(16,17)18)7-21-9-5-11(15)10-2-3-22-12(10)6-9/h2-6H,7H2,1H3. The summed E-state index contributed by atoms with van der Waals surface area (Å²) in [5.41, 5.74) is -0.602. The first kappa shape index (κ1) is 15.2. The maximum absolute atomic E-state index is 12.6. The van der Waals surface area contributed by atoms with Crippen molar-refractivity contribution in [3.63, 3.8) is 0 Å². The van der Waals surface area contributed by atoms with Crippen molar-refractivity contribution in [3.8, 4) is 5.75 Å². The van der Waals surface area contributed by atoms with Gasteiger partial charge in [0.25, 0.3) is 0 Å². The fourth-order valence-electron chi connectivity index (χ4n) is 2.02. The van der Waals surface area contributed by atoms with E-state index in [2.05, 4.69) is 5.10 Å². The van der Waals surface area contributed by atoms with Gasteiger partial charge < -0.3 is 4.74 Å². The van der Waals surface area contributed by atoms with E-state index in [0.29, 0.717) is 16.5 Å². The minimum absolute atomic E-state index is 0.0210. The summed E-state index contributed by atoms with van der Waals surface area (Å²) >= 11 is 7.66. The van der Waals surface area contributed by atoms with Gasteiger partial charge in [0.2, 0.25) is 0 Å². The summed E-state index contributed by atoms with van der Waals surface area (Å²) in [5, 5.41) is 6.84. The molecule has 0 saturated heterocycles. The first-order valence-electron chi connectivity index (χ1n) is 6.24. The Bertz CT molecular complexity index is 825. The summed E-state index contributed by atoms with van der Waals surface area (Å²) in [4.78, 5) is 0. The highest BCUT2D eigenvalue weighted by molar-refractivity contribution is 7.17. The zero-order valence-corrected chi connectivity index (χ0v) is 12.9. The highest BCUT2D eigenvalue weighted by Crippen LogP contribution is 2.33. The van der Waals surface area contributed by atoms with Gasteiger partial charge in [-0.05, 0) is 29.6 Å². The molecule has 0 aliphatic carbocycles. The molecule has 3 nitrogen and oxygen atoms in total. The smallest absolute Gasteiger partial charge is 0.435 e. The average Bonchev–Trinajstić information content (AvgIpc) is 3.02. The molecular formula is C14H10ClF3N2OS. The number of nitrogens with zero attached hydrogens (tertiary/aromatic N) is 2. The van der Waals surface area contributed by atoms with E-state index in [9.17, 15) is 13.2 Å². The quantitative estimate of drug-likeness (QED) is 0.675. The topological polar surface area (TPSA) is 27.1 Å². The number of ether oxygens (including phenoxy) is 1. The van der Waals surface area contributed by atoms with E-state index in [4.69, 9.17) is 16.3 Å². The lowest BCUT2D eigenvalue weighted by Gasteiger charge is -2.07. The van der Waals surface area contributed by atoms with Crippen LogP contribution in [0.5, 0.6) is 5.75 Å². The second-order valence-corrected chi connectivity index (χ2v) is 6.02. The molecule has 8 heteroatoms. The van der Waals surface area contributed by atoms with Gasteiger partial charge in [0.15, 0.2) is 5.69 Å². The maximum atomic E-state index is 12.6. The summed E-state index contributed by atoms with van der Waals surface area (Å²) < 4.78 is 45.5. The predicted molar refractivity (Wildman–Crippen MR) is 79.4 cm³/mol. The molecule has 2 heterocycles. The van der Waals surface area contributed by atoms with Crippen LogP contribution in [0.4, 0.5) is 13.2 Å². The molecule has 0 fully saturated rings. The molecule has 22 heavy (non-hydrogen) atoms. The Morgan fingerprint density at radius 3 is 2.77 bits per heavy atom. The number of rotatable bonds is 3. The SMILES string of the molecule is Cn1nc(C(F)(F)F)cc1COc1cc(Cl)c2ccsc2c1. The maximum Gasteiger partial charge on any atom is 0.435 e. The third-order valence-electron chi connectivity index (χ3n) is 3.15. The summed E-state index contributed by atoms with van der Waals surface area (Å²) in [6.45, 7) is -0.0210. The van der Waals surface area contributed by atoms with Crippen LogP contribution in [0.1, 0.15) is 11.4 Å². The molecule has 0 spiro atoms. The van der Waals surface area contributed by atoms with E-state index < -0.39 is 11.9 Å². The number of aromatic nitrogens is 2. The molecule has 3 rings (SSSR count). The van der Waals surface area contributed by atoms with Crippen molar-refractivity contribution in [1.82, 2.24) is 9.78 Å². The Kier molecular flexibility index (Phi) is 3.78. The van der Waals surface area contributed by atoms with Crippen LogP contribution in [0, 0.1) is 0 Å². The van der Waals surface area contributed by atoms with Crippen molar-refractivity contribution < 1.29 is 17.9 Å². The third kappa shape index (κ3) is 2.91. The van der Waals surface area contributed by atoms with Gasteiger partial charge in [-0.3, -0.25) is 4.68 Å². The van der Waals surface area contributed by atoms with Gasteiger partial charge in [-0.15, -0.1) is 11.3 Å². The lowest BCUT2D eigenvalue weighted by atomic mass is 10.2. The molecule has 2 aromatic heterocycles. The minimum Gasteiger partial charge on any atom is -0.487 e. The van der Waals surface area contributed by atoms with Crippen LogP contribution >= 0.6 is 22.9 Å². The zero-order valence-electron chi connectivity index (χ0n) is 11.3. The number of alkyl halides is 3. The Morgan fingerprint density at radius 1 is 1.32 bits per heavy atom. The molecule has 0 amide bonds. The molecule has 0 unspecified atom stereocenters. The molecule has 0 N–H and O–H groups in total. The van der Waals surface area contributed by atoms with Crippen LogP contribution in [0.2, 0.25) is 5.02 Å². The van der Waals surface area contributed by atoms with Crippen molar-refractivity contribution in [2.24, 2.45) is 7.05 Å². The lowest BCUT2D eigenvalue weighted by Crippen LogP contribution is -2.06. The van der Waals surface area contributed by atoms with Gasteiger partial charge in [-0.25, -0.2) is 0 Å². The molecule has 0 radical (unpaired) electrons. The Labute approximate surface area is 132 Å². The van der Waals surface area contributed by atoms with E-state index in [-0.39, 0.29) is 6.61 Å². The van der Waals surface area contributed by atoms with E-state index in [0.717, 1.165) is 20.8 Å². The number of halogens is 4. The van der Waals surface area contributed by atoms with Crippen LogP contribution in [-0.4, -0.2) is 9.78 Å². The van der Waals surface area contributed by atoms with Gasteiger partial charge in [-0.2, -0.15) is 18.3 Å². The van der Waals surface area contributed by atoms with Crippen LogP contribution in [-0.2, 0) is 19.8 Å². The molecule has 3 aromatic rings. The summed E-state index contributed by atoms with van der Waals surface area (Å²) in [6, 6.07) is 6.35. The first-order chi connectivity index (χ1) is 10.3. The van der Waals surface area contributed by atoms with Gasteiger partial charge in [-0.1, -0.05) is 11.6 Å². The predicted octanol–water partition coefficient (Wildman–Crippen LogP) is 4.89. The summed E-state index contributed by atoms with van der Waals surface area (Å²) in [7, 11) is 1.45. The molecule has 116 valence electrons. The number of fused-ring (bicyclic) bond motifs is 1. The fraction of sp³-hybridized carbons (Fsp3) is 0.214. The molecule has 0 aliphatic rings. The fourth-order valence-corrected chi connectivity index (χ4v) is 3.19. The Hall–Kier alpha value is -1.73. The number of hydrogen-bond donors (Lipinski definition) is 0. The van der Waals surface area contributed by atoms with Crippen LogP contribution in [0.3, 0.4) is 0 Å². The molecule has 0 bridgehead atoms. The number of benzene rings is 1. The van der Waals surface area contributed by atoms with Gasteiger partial charge in [0.1, 0.15) is 12.4 Å². The number of thiophene rings is 1. The van der Waals surface area contributed by atoms with Crippen molar-refractivity contribution >= 4 is 33.0 Å². The van der Waals surface area contributed by atoms with E-state index in [1.807, 2.05) is 17.5 Å². The van der Waals surface area contributed by atoms with Crippen LogP contribution in [0.15, 0.2) is 29.6 Å². The third-order valence-corrected chi connectivity index (χ3v) is 4.33. The largest absolute Gasteiger partial charge is 0.487 e. The lowest BCUT2D eigenvalue weighted by molar-refractivity contribution is -0.141. The molecule has 0 atom stereocenters. The normalized spacial score (nSPS) is 12.0. The van der Waals surface area contributed by atoms with Gasteiger partial charge in [0.05, 0.1) is 10.7 Å². The highest BCUT2D eigenvalue weighted by Gasteiger charge is 2.34. The second-order valence-electron chi connectivity index (χ2n) is 4.67. The summed E-state index contributed by atoms with van der Waals surface area (Å²) in [5.74, 6) is 0.509. The van der Waals surface area contributed by atoms with Crippen LogP contribution < -0.4 is 4.74 Å². The van der Waals surface area contributed by atoms with E-state index in [1.54, 1.807) is 6.07 Å². The summed E-state index contributed by atoms with van der Waals surface area (Å²) in [6.07, 6.45) is -4.46. The monoisotopic (exact) mass is 346 g/mol. The van der Waals surface area contributed by atoms with E-state index >= 15 is 0 Å². The molecule has 0 saturated carbocycles. The van der Waals surface area contributed by atoms with Gasteiger partial charge >= 0.3 is 6.18 Å². The number of hydrogen-bond acceptors (Lipinski definition) is 3. The zero-order chi connectivity index (χ0) is 15.9. The first-order valence-corrected chi connectivity index (χ1v) is 7.50.